The monoisotopic (exact) mass is 314 g/mol. The second kappa shape index (κ2) is 5.39. The Morgan fingerprint density at radius 2 is 2.23 bits per heavy atom. The summed E-state index contributed by atoms with van der Waals surface area (Å²) in [7, 11) is 0. The van der Waals surface area contributed by atoms with Crippen LogP contribution in [0.25, 0.3) is 0 Å². The summed E-state index contributed by atoms with van der Waals surface area (Å²) in [5, 5.41) is 6.30. The highest BCUT2D eigenvalue weighted by Crippen LogP contribution is 2.42. The van der Waals surface area contributed by atoms with E-state index in [2.05, 4.69) is 10.3 Å². The van der Waals surface area contributed by atoms with Crippen molar-refractivity contribution >= 4 is 17.2 Å². The van der Waals surface area contributed by atoms with Crippen LogP contribution in [0.1, 0.15) is 41.1 Å². The Balaban J connectivity index is 1.53. The first-order chi connectivity index (χ1) is 10.7. The summed E-state index contributed by atoms with van der Waals surface area (Å²) in [6, 6.07) is 7.84. The number of hydrogen-bond acceptors (Lipinski definition) is 4. The maximum absolute atomic E-state index is 12.7. The Morgan fingerprint density at radius 3 is 2.95 bits per heavy atom. The molecule has 114 valence electrons. The highest BCUT2D eigenvalue weighted by atomic mass is 32.1. The number of thiazole rings is 1. The van der Waals surface area contributed by atoms with Crippen LogP contribution in [-0.4, -0.2) is 17.5 Å². The molecule has 5 heteroatoms. The SMILES string of the molecule is Cc1csc([C@@H](NC(=O)[C@@H]2COc3ccccc32)C2CC2)n1. The molecule has 2 atom stereocenters. The van der Waals surface area contributed by atoms with Gasteiger partial charge in [-0.3, -0.25) is 4.79 Å². The molecule has 22 heavy (non-hydrogen) atoms. The fraction of sp³-hybridized carbons (Fsp3) is 0.412. The number of aryl methyl sites for hydroxylation is 1. The predicted octanol–water partition coefficient (Wildman–Crippen LogP) is 3.20. The van der Waals surface area contributed by atoms with Crippen LogP contribution in [0.5, 0.6) is 5.75 Å². The molecule has 0 unspecified atom stereocenters. The minimum absolute atomic E-state index is 0.0507. The molecular weight excluding hydrogens is 296 g/mol. The highest BCUT2D eigenvalue weighted by Gasteiger charge is 2.38. The number of nitrogens with one attached hydrogen (secondary N) is 1. The van der Waals surface area contributed by atoms with Crippen molar-refractivity contribution in [2.45, 2.75) is 31.7 Å². The molecule has 2 aliphatic rings. The van der Waals surface area contributed by atoms with Gasteiger partial charge in [-0.15, -0.1) is 11.3 Å². The normalized spacial score (nSPS) is 21.0. The second-order valence-corrected chi connectivity index (χ2v) is 6.94. The van der Waals surface area contributed by atoms with Crippen molar-refractivity contribution in [3.05, 3.63) is 45.9 Å². The number of aromatic nitrogens is 1. The number of ether oxygens (including phenoxy) is 1. The summed E-state index contributed by atoms with van der Waals surface area (Å²) in [6.07, 6.45) is 2.34. The summed E-state index contributed by atoms with van der Waals surface area (Å²) in [4.78, 5) is 17.3. The Kier molecular flexibility index (Phi) is 3.37. The molecule has 1 aliphatic heterocycles. The second-order valence-electron chi connectivity index (χ2n) is 6.05. The third-order valence-corrected chi connectivity index (χ3v) is 5.36. The molecule has 2 heterocycles. The van der Waals surface area contributed by atoms with Gasteiger partial charge in [-0.05, 0) is 31.7 Å². The number of amides is 1. The predicted molar refractivity (Wildman–Crippen MR) is 85.1 cm³/mol. The van der Waals surface area contributed by atoms with E-state index in [1.54, 1.807) is 11.3 Å². The van der Waals surface area contributed by atoms with Gasteiger partial charge >= 0.3 is 0 Å². The molecule has 1 aromatic carbocycles. The van der Waals surface area contributed by atoms with E-state index in [0.717, 1.165) is 22.0 Å². The Hall–Kier alpha value is -1.88. The Bertz CT molecular complexity index is 708. The van der Waals surface area contributed by atoms with E-state index in [4.69, 9.17) is 4.74 Å². The quantitative estimate of drug-likeness (QED) is 0.943. The fourth-order valence-electron chi connectivity index (χ4n) is 2.96. The van der Waals surface area contributed by atoms with Crippen molar-refractivity contribution in [3.63, 3.8) is 0 Å². The zero-order chi connectivity index (χ0) is 15.1. The van der Waals surface area contributed by atoms with E-state index in [1.165, 1.54) is 12.8 Å². The van der Waals surface area contributed by atoms with Crippen LogP contribution >= 0.6 is 11.3 Å². The van der Waals surface area contributed by atoms with Gasteiger partial charge in [0.1, 0.15) is 23.3 Å². The van der Waals surface area contributed by atoms with Crippen LogP contribution in [0.15, 0.2) is 29.6 Å². The average Bonchev–Trinajstić information content (AvgIpc) is 3.12. The van der Waals surface area contributed by atoms with Gasteiger partial charge in [-0.2, -0.15) is 0 Å². The number of nitrogens with zero attached hydrogens (tertiary/aromatic N) is 1. The molecule has 1 saturated carbocycles. The van der Waals surface area contributed by atoms with E-state index in [-0.39, 0.29) is 17.9 Å². The van der Waals surface area contributed by atoms with Gasteiger partial charge in [0.25, 0.3) is 0 Å². The summed E-state index contributed by atoms with van der Waals surface area (Å²) in [6.45, 7) is 2.42. The van der Waals surface area contributed by atoms with E-state index < -0.39 is 0 Å². The van der Waals surface area contributed by atoms with Crippen molar-refractivity contribution < 1.29 is 9.53 Å². The largest absolute Gasteiger partial charge is 0.492 e. The summed E-state index contributed by atoms with van der Waals surface area (Å²) >= 11 is 1.64. The van der Waals surface area contributed by atoms with Crippen molar-refractivity contribution in [2.24, 2.45) is 5.92 Å². The molecule has 1 aromatic heterocycles. The van der Waals surface area contributed by atoms with Crippen molar-refractivity contribution in [3.8, 4) is 5.75 Å². The van der Waals surface area contributed by atoms with Gasteiger partial charge in [-0.1, -0.05) is 18.2 Å². The lowest BCUT2D eigenvalue weighted by Gasteiger charge is -2.18. The molecule has 4 rings (SSSR count). The smallest absolute Gasteiger partial charge is 0.231 e. The maximum atomic E-state index is 12.7. The van der Waals surface area contributed by atoms with Crippen molar-refractivity contribution in [1.82, 2.24) is 10.3 Å². The van der Waals surface area contributed by atoms with Crippen LogP contribution < -0.4 is 10.1 Å². The van der Waals surface area contributed by atoms with Crippen LogP contribution in [0.4, 0.5) is 0 Å². The molecule has 1 amide bonds. The number of carbonyl (C=O) groups is 1. The first-order valence-electron chi connectivity index (χ1n) is 7.66. The maximum Gasteiger partial charge on any atom is 0.231 e. The minimum atomic E-state index is -0.210. The van der Waals surface area contributed by atoms with Crippen LogP contribution in [0, 0.1) is 12.8 Å². The van der Waals surface area contributed by atoms with Crippen molar-refractivity contribution in [1.29, 1.82) is 0 Å². The Morgan fingerprint density at radius 1 is 1.41 bits per heavy atom. The van der Waals surface area contributed by atoms with Gasteiger partial charge in [0, 0.05) is 16.6 Å². The number of fused-ring (bicyclic) bond motifs is 1. The molecule has 2 aromatic rings. The lowest BCUT2D eigenvalue weighted by atomic mass is 10.00. The van der Waals surface area contributed by atoms with Crippen LogP contribution in [0.3, 0.4) is 0 Å². The zero-order valence-corrected chi connectivity index (χ0v) is 13.2. The molecule has 0 spiro atoms. The van der Waals surface area contributed by atoms with Crippen molar-refractivity contribution in [2.75, 3.05) is 6.61 Å². The van der Waals surface area contributed by atoms with E-state index in [9.17, 15) is 4.79 Å². The molecule has 4 nitrogen and oxygen atoms in total. The van der Waals surface area contributed by atoms with Gasteiger partial charge in [-0.25, -0.2) is 4.98 Å². The third kappa shape index (κ3) is 2.50. The molecule has 1 fully saturated rings. The molecule has 0 radical (unpaired) electrons. The van der Waals surface area contributed by atoms with Gasteiger partial charge in [0.2, 0.25) is 5.91 Å². The summed E-state index contributed by atoms with van der Waals surface area (Å²) < 4.78 is 5.63. The third-order valence-electron chi connectivity index (χ3n) is 4.31. The molecule has 1 aliphatic carbocycles. The standard InChI is InChI=1S/C17H18N2O2S/c1-10-9-22-17(18-10)15(11-6-7-11)19-16(20)13-8-21-14-5-3-2-4-12(13)14/h2-5,9,11,13,15H,6-8H2,1H3,(H,19,20)/t13-,15+/m1/s1. The summed E-state index contributed by atoms with van der Waals surface area (Å²) in [5.41, 5.74) is 2.01. The minimum Gasteiger partial charge on any atom is -0.492 e. The Labute approximate surface area is 133 Å². The van der Waals surface area contributed by atoms with Gasteiger partial charge in [0.05, 0.1) is 6.04 Å². The lowest BCUT2D eigenvalue weighted by molar-refractivity contribution is -0.123. The van der Waals surface area contributed by atoms with E-state index in [1.807, 2.05) is 36.6 Å². The number of para-hydroxylation sites is 1. The lowest BCUT2D eigenvalue weighted by Crippen LogP contribution is -2.34. The summed E-state index contributed by atoms with van der Waals surface area (Å²) in [5.74, 6) is 1.20. The first-order valence-corrected chi connectivity index (χ1v) is 8.54. The molecular formula is C17H18N2O2S. The highest BCUT2D eigenvalue weighted by molar-refractivity contribution is 7.09. The molecule has 0 bridgehead atoms. The van der Waals surface area contributed by atoms with Gasteiger partial charge in [0.15, 0.2) is 0 Å². The van der Waals surface area contributed by atoms with Crippen LogP contribution in [0.2, 0.25) is 0 Å². The van der Waals surface area contributed by atoms with E-state index in [0.29, 0.717) is 12.5 Å². The molecule has 1 N–H and O–H groups in total. The number of rotatable bonds is 4. The first kappa shape index (κ1) is 13.8. The fourth-order valence-corrected chi connectivity index (χ4v) is 3.90. The molecule has 0 saturated heterocycles. The zero-order valence-electron chi connectivity index (χ0n) is 12.4. The number of benzene rings is 1. The average molecular weight is 314 g/mol. The number of carbonyl (C=O) groups excluding carboxylic acids is 1. The van der Waals surface area contributed by atoms with Crippen LogP contribution in [-0.2, 0) is 4.79 Å². The van der Waals surface area contributed by atoms with Gasteiger partial charge < -0.3 is 10.1 Å². The topological polar surface area (TPSA) is 51.2 Å². The number of hydrogen-bond donors (Lipinski definition) is 1. The van der Waals surface area contributed by atoms with E-state index >= 15 is 0 Å².